The van der Waals surface area contributed by atoms with E-state index in [1.807, 2.05) is 0 Å². The molecule has 2 rings (SSSR count). The lowest BCUT2D eigenvalue weighted by atomic mass is 9.84. The Balaban J connectivity index is 2.50. The standard InChI is InChI=1S/C10H10F6O/c11-9(12,13)8(17,10(14,15)16)7-4-5-1-2-6(7)3-5/h5,17H,1-4H2/t5-/m0/s1. The fourth-order valence-corrected chi connectivity index (χ4v) is 2.72. The minimum atomic E-state index is -5.72. The maximum Gasteiger partial charge on any atom is 0.430 e. The summed E-state index contributed by atoms with van der Waals surface area (Å²) in [6.07, 6.45) is -10.6. The molecule has 98 valence electrons. The summed E-state index contributed by atoms with van der Waals surface area (Å²) in [5.41, 5.74) is -5.40. The minimum Gasteiger partial charge on any atom is -0.370 e. The Hall–Kier alpha value is -0.720. The van der Waals surface area contributed by atoms with Gasteiger partial charge in [0, 0.05) is 0 Å². The zero-order valence-electron chi connectivity index (χ0n) is 8.62. The molecule has 0 spiro atoms. The van der Waals surface area contributed by atoms with Crippen LogP contribution in [0.15, 0.2) is 11.1 Å². The van der Waals surface area contributed by atoms with E-state index in [9.17, 15) is 31.4 Å². The maximum atomic E-state index is 12.6. The lowest BCUT2D eigenvalue weighted by Gasteiger charge is -2.35. The number of rotatable bonds is 1. The van der Waals surface area contributed by atoms with Gasteiger partial charge in [-0.15, -0.1) is 0 Å². The van der Waals surface area contributed by atoms with Gasteiger partial charge in [-0.2, -0.15) is 26.3 Å². The van der Waals surface area contributed by atoms with Crippen LogP contribution in [-0.2, 0) is 0 Å². The Bertz CT molecular complexity index is 350. The molecule has 0 unspecified atom stereocenters. The molecule has 1 N–H and O–H groups in total. The first-order valence-electron chi connectivity index (χ1n) is 5.14. The molecule has 0 heterocycles. The van der Waals surface area contributed by atoms with Crippen molar-refractivity contribution in [2.45, 2.75) is 43.6 Å². The maximum absolute atomic E-state index is 12.6. The molecule has 2 aliphatic carbocycles. The van der Waals surface area contributed by atoms with Gasteiger partial charge in [-0.25, -0.2) is 0 Å². The first-order chi connectivity index (χ1) is 7.57. The third-order valence-electron chi connectivity index (χ3n) is 3.57. The minimum absolute atomic E-state index is 0.132. The van der Waals surface area contributed by atoms with E-state index in [0.717, 1.165) is 0 Å². The molecule has 0 aromatic carbocycles. The van der Waals surface area contributed by atoms with Crippen molar-refractivity contribution < 1.29 is 31.4 Å². The lowest BCUT2D eigenvalue weighted by molar-refractivity contribution is -0.353. The zero-order chi connectivity index (χ0) is 13.1. The van der Waals surface area contributed by atoms with Crippen LogP contribution in [-0.4, -0.2) is 23.1 Å². The Kier molecular flexibility index (Phi) is 2.54. The molecule has 1 fully saturated rings. The number of allylic oxidation sites excluding steroid dienone is 1. The molecule has 1 atom stereocenters. The van der Waals surface area contributed by atoms with Gasteiger partial charge in [0.05, 0.1) is 0 Å². The first-order valence-corrected chi connectivity index (χ1v) is 5.14. The van der Waals surface area contributed by atoms with Crippen molar-refractivity contribution in [3.63, 3.8) is 0 Å². The average molecular weight is 260 g/mol. The van der Waals surface area contributed by atoms with Gasteiger partial charge in [0.25, 0.3) is 5.60 Å². The van der Waals surface area contributed by atoms with E-state index in [2.05, 4.69) is 0 Å². The highest BCUT2D eigenvalue weighted by Gasteiger charge is 2.73. The second kappa shape index (κ2) is 3.40. The Morgan fingerprint density at radius 3 is 1.76 bits per heavy atom. The largest absolute Gasteiger partial charge is 0.430 e. The summed E-state index contributed by atoms with van der Waals surface area (Å²) in [5.74, 6) is -0.170. The number of aliphatic hydroxyl groups is 1. The zero-order valence-corrected chi connectivity index (χ0v) is 8.62. The van der Waals surface area contributed by atoms with Crippen LogP contribution in [0.5, 0.6) is 0 Å². The fourth-order valence-electron chi connectivity index (χ4n) is 2.72. The molecular formula is C10H10F6O. The molecule has 2 bridgehead atoms. The molecule has 0 amide bonds. The third kappa shape index (κ3) is 1.66. The van der Waals surface area contributed by atoms with Crippen LogP contribution in [0.3, 0.4) is 0 Å². The molecule has 0 aliphatic heterocycles. The topological polar surface area (TPSA) is 20.2 Å². The predicted octanol–water partition coefficient (Wildman–Crippen LogP) is 3.34. The van der Waals surface area contributed by atoms with Gasteiger partial charge >= 0.3 is 12.4 Å². The van der Waals surface area contributed by atoms with Gasteiger partial charge in [-0.3, -0.25) is 0 Å². The molecule has 0 aromatic heterocycles. The van der Waals surface area contributed by atoms with Gasteiger partial charge in [0.1, 0.15) is 0 Å². The molecule has 2 aliphatic rings. The normalized spacial score (nSPS) is 25.9. The van der Waals surface area contributed by atoms with Crippen molar-refractivity contribution in [3.05, 3.63) is 11.1 Å². The van der Waals surface area contributed by atoms with Crippen molar-refractivity contribution in [1.82, 2.24) is 0 Å². The van der Waals surface area contributed by atoms with Crippen LogP contribution < -0.4 is 0 Å². The van der Waals surface area contributed by atoms with E-state index in [1.165, 1.54) is 0 Å². The van der Waals surface area contributed by atoms with Gasteiger partial charge in [0.15, 0.2) is 0 Å². The molecule has 0 saturated heterocycles. The predicted molar refractivity (Wildman–Crippen MR) is 46.0 cm³/mol. The monoisotopic (exact) mass is 260 g/mol. The molecule has 1 saturated carbocycles. The molecule has 0 radical (unpaired) electrons. The lowest BCUT2D eigenvalue weighted by Crippen LogP contribution is -2.58. The smallest absolute Gasteiger partial charge is 0.370 e. The van der Waals surface area contributed by atoms with E-state index in [4.69, 9.17) is 0 Å². The van der Waals surface area contributed by atoms with Crippen LogP contribution >= 0.6 is 0 Å². The van der Waals surface area contributed by atoms with E-state index in [1.54, 1.807) is 0 Å². The van der Waals surface area contributed by atoms with Gasteiger partial charge in [-0.05, 0) is 37.2 Å². The van der Waals surface area contributed by atoms with E-state index in [-0.39, 0.29) is 30.8 Å². The molecule has 7 heteroatoms. The highest BCUT2D eigenvalue weighted by atomic mass is 19.4. The number of fused-ring (bicyclic) bond motifs is 2. The molecular weight excluding hydrogens is 250 g/mol. The van der Waals surface area contributed by atoms with Crippen LogP contribution in [0, 0.1) is 5.92 Å². The SMILES string of the molecule is OC(C1=C2CC[C@@H](C2)C1)(C(F)(F)F)C(F)(F)F. The van der Waals surface area contributed by atoms with Crippen LogP contribution in [0.25, 0.3) is 0 Å². The number of hydrogen-bond acceptors (Lipinski definition) is 1. The summed E-state index contributed by atoms with van der Waals surface area (Å²) in [6.45, 7) is 0. The van der Waals surface area contributed by atoms with Crippen LogP contribution in [0.4, 0.5) is 26.3 Å². The second-order valence-corrected chi connectivity index (χ2v) is 4.60. The summed E-state index contributed by atoms with van der Waals surface area (Å²) in [7, 11) is 0. The van der Waals surface area contributed by atoms with Crippen molar-refractivity contribution in [2.24, 2.45) is 5.92 Å². The van der Waals surface area contributed by atoms with Gasteiger partial charge < -0.3 is 5.11 Å². The van der Waals surface area contributed by atoms with E-state index in [0.29, 0.717) is 6.42 Å². The van der Waals surface area contributed by atoms with Crippen molar-refractivity contribution in [1.29, 1.82) is 0 Å². The molecule has 1 nitrogen and oxygen atoms in total. The Labute approximate surface area is 93.1 Å². The van der Waals surface area contributed by atoms with E-state index >= 15 is 0 Å². The highest BCUT2D eigenvalue weighted by Crippen LogP contribution is 2.56. The van der Waals surface area contributed by atoms with Crippen molar-refractivity contribution >= 4 is 0 Å². The quantitative estimate of drug-likeness (QED) is 0.566. The second-order valence-electron chi connectivity index (χ2n) is 4.60. The summed E-state index contributed by atoms with van der Waals surface area (Å²) in [4.78, 5) is 0. The summed E-state index contributed by atoms with van der Waals surface area (Å²) in [6, 6.07) is 0. The van der Waals surface area contributed by atoms with Gasteiger partial charge in [-0.1, -0.05) is 5.57 Å². The van der Waals surface area contributed by atoms with Crippen molar-refractivity contribution in [3.8, 4) is 0 Å². The number of halogens is 6. The molecule has 17 heavy (non-hydrogen) atoms. The van der Waals surface area contributed by atoms with Crippen molar-refractivity contribution in [2.75, 3.05) is 0 Å². The Morgan fingerprint density at radius 2 is 1.47 bits per heavy atom. The van der Waals surface area contributed by atoms with Crippen LogP contribution in [0.2, 0.25) is 0 Å². The number of alkyl halides is 6. The summed E-state index contributed by atoms with van der Waals surface area (Å²) < 4.78 is 75.4. The fraction of sp³-hybridized carbons (Fsp3) is 0.800. The average Bonchev–Trinajstić information content (AvgIpc) is 2.73. The number of hydrogen-bond donors (Lipinski definition) is 1. The van der Waals surface area contributed by atoms with Gasteiger partial charge in [0.2, 0.25) is 0 Å². The highest BCUT2D eigenvalue weighted by molar-refractivity contribution is 5.36. The summed E-state index contributed by atoms with van der Waals surface area (Å²) >= 11 is 0. The first kappa shape index (κ1) is 12.7. The van der Waals surface area contributed by atoms with E-state index < -0.39 is 23.5 Å². The Morgan fingerprint density at radius 1 is 0.941 bits per heavy atom. The molecule has 0 aromatic rings. The third-order valence-corrected chi connectivity index (χ3v) is 3.57. The summed E-state index contributed by atoms with van der Waals surface area (Å²) in [5, 5.41) is 9.20. The van der Waals surface area contributed by atoms with Crippen LogP contribution in [0.1, 0.15) is 25.7 Å².